The van der Waals surface area contributed by atoms with Crippen LogP contribution in [0.1, 0.15) is 27.2 Å². The molecule has 2 rings (SSSR count). The summed E-state index contributed by atoms with van der Waals surface area (Å²) in [7, 11) is 1.32. The Bertz CT molecular complexity index is 610. The molecule has 1 saturated carbocycles. The van der Waals surface area contributed by atoms with Crippen molar-refractivity contribution in [2.75, 3.05) is 26.7 Å². The van der Waals surface area contributed by atoms with E-state index < -0.39 is 6.09 Å². The third-order valence-corrected chi connectivity index (χ3v) is 5.76. The van der Waals surface area contributed by atoms with Crippen LogP contribution in [-0.4, -0.2) is 43.6 Å². The van der Waals surface area contributed by atoms with E-state index in [4.69, 9.17) is 0 Å². The van der Waals surface area contributed by atoms with E-state index in [1.807, 2.05) is 24.8 Å². The lowest BCUT2D eigenvalue weighted by molar-refractivity contribution is -0.135. The minimum atomic E-state index is -0.497. The van der Waals surface area contributed by atoms with Gasteiger partial charge in [0.15, 0.2) is 0 Å². The van der Waals surface area contributed by atoms with Crippen molar-refractivity contribution in [2.24, 2.45) is 23.2 Å². The highest BCUT2D eigenvalue weighted by Gasteiger charge is 2.67. The van der Waals surface area contributed by atoms with Crippen LogP contribution in [0.5, 0.6) is 0 Å². The highest BCUT2D eigenvalue weighted by molar-refractivity contribution is 5.80. The zero-order valence-electron chi connectivity index (χ0n) is 15.8. The Morgan fingerprint density at radius 2 is 2.16 bits per heavy atom. The van der Waals surface area contributed by atoms with Gasteiger partial charge in [-0.3, -0.25) is 4.79 Å². The number of nitrogens with zero attached hydrogens (tertiary/aromatic N) is 1. The molecule has 0 aromatic rings. The number of carbonyl (C=O) groups excluding carboxylic acids is 2. The molecular weight excluding hydrogens is 316 g/mol. The summed E-state index contributed by atoms with van der Waals surface area (Å²) in [5, 5.41) is 2.64. The van der Waals surface area contributed by atoms with Crippen molar-refractivity contribution in [3.8, 4) is 0 Å². The topological polar surface area (TPSA) is 58.6 Å². The Labute approximate surface area is 150 Å². The maximum Gasteiger partial charge on any atom is 0.406 e. The summed E-state index contributed by atoms with van der Waals surface area (Å²) in [5.74, 6) is 0.851. The molecule has 2 amide bonds. The van der Waals surface area contributed by atoms with Gasteiger partial charge in [0.2, 0.25) is 5.91 Å². The number of rotatable bonds is 7. The minimum absolute atomic E-state index is 0.121. The van der Waals surface area contributed by atoms with Crippen LogP contribution >= 0.6 is 0 Å². The summed E-state index contributed by atoms with van der Waals surface area (Å²) in [4.78, 5) is 26.0. The van der Waals surface area contributed by atoms with Crippen LogP contribution in [0.2, 0.25) is 0 Å². The average Bonchev–Trinajstić information content (AvgIpc) is 2.96. The summed E-state index contributed by atoms with van der Waals surface area (Å²) in [5.41, 5.74) is 2.46. The lowest BCUT2D eigenvalue weighted by atomic mass is 9.95. The standard InChI is InChI=1S/C20H30N2O3/c1-7-9-15(13(3)4)17-16-11-22(12-20(16,17)5)18(23)14(8-2)10-21-19(24)25-6/h7,9,14,16-17H,1,3,8,10-12H2,2,4-6H3,(H,21,24)/b15-9+. The zero-order valence-corrected chi connectivity index (χ0v) is 15.8. The number of nitrogens with one attached hydrogen (secondary N) is 1. The van der Waals surface area contributed by atoms with Gasteiger partial charge in [0, 0.05) is 19.6 Å². The summed E-state index contributed by atoms with van der Waals surface area (Å²) >= 11 is 0. The molecule has 25 heavy (non-hydrogen) atoms. The largest absolute Gasteiger partial charge is 0.453 e. The van der Waals surface area contributed by atoms with Crippen LogP contribution in [0, 0.1) is 23.2 Å². The number of methoxy groups -OCH3 is 1. The first-order valence-corrected chi connectivity index (χ1v) is 8.89. The predicted octanol–water partition coefficient (Wildman–Crippen LogP) is 3.15. The molecule has 138 valence electrons. The van der Waals surface area contributed by atoms with E-state index in [9.17, 15) is 9.59 Å². The first-order valence-electron chi connectivity index (χ1n) is 8.89. The van der Waals surface area contributed by atoms with E-state index in [1.165, 1.54) is 12.7 Å². The van der Waals surface area contributed by atoms with E-state index in [0.29, 0.717) is 24.8 Å². The van der Waals surface area contributed by atoms with E-state index in [1.54, 1.807) is 0 Å². The maximum atomic E-state index is 12.8. The Balaban J connectivity index is 1.99. The normalized spacial score (nSPS) is 28.8. The number of allylic oxidation sites excluding steroid dienone is 4. The van der Waals surface area contributed by atoms with E-state index in [0.717, 1.165) is 18.7 Å². The molecule has 1 saturated heterocycles. The van der Waals surface area contributed by atoms with Crippen molar-refractivity contribution >= 4 is 12.0 Å². The second kappa shape index (κ2) is 7.46. The number of likely N-dealkylation sites (tertiary alicyclic amines) is 1. The number of amides is 2. The number of piperidine rings is 1. The van der Waals surface area contributed by atoms with Gasteiger partial charge in [0.1, 0.15) is 0 Å². The lowest BCUT2D eigenvalue weighted by Crippen LogP contribution is -2.42. The van der Waals surface area contributed by atoms with Crippen LogP contribution in [0.25, 0.3) is 0 Å². The van der Waals surface area contributed by atoms with Gasteiger partial charge in [0.05, 0.1) is 13.0 Å². The van der Waals surface area contributed by atoms with Gasteiger partial charge in [-0.15, -0.1) is 0 Å². The molecule has 1 aliphatic carbocycles. The molecular formula is C20H30N2O3. The van der Waals surface area contributed by atoms with Gasteiger partial charge in [0.25, 0.3) is 0 Å². The monoisotopic (exact) mass is 346 g/mol. The first-order chi connectivity index (χ1) is 11.8. The van der Waals surface area contributed by atoms with Gasteiger partial charge in [-0.2, -0.15) is 0 Å². The molecule has 5 nitrogen and oxygen atoms in total. The number of hydrogen-bond acceptors (Lipinski definition) is 3. The third kappa shape index (κ3) is 3.65. The summed E-state index contributed by atoms with van der Waals surface area (Å²) in [6, 6.07) is 0. The second-order valence-corrected chi connectivity index (χ2v) is 7.42. The van der Waals surface area contributed by atoms with Crippen LogP contribution in [0.3, 0.4) is 0 Å². The van der Waals surface area contributed by atoms with E-state index in [2.05, 4.69) is 36.2 Å². The number of ether oxygens (including phenoxy) is 1. The third-order valence-electron chi connectivity index (χ3n) is 5.76. The molecule has 0 spiro atoms. The van der Waals surface area contributed by atoms with Gasteiger partial charge in [-0.05, 0) is 36.2 Å². The van der Waals surface area contributed by atoms with Crippen LogP contribution in [-0.2, 0) is 9.53 Å². The number of fused-ring (bicyclic) bond motifs is 1. The highest BCUT2D eigenvalue weighted by Crippen LogP contribution is 2.66. The molecule has 0 aromatic heterocycles. The van der Waals surface area contributed by atoms with Crippen LogP contribution in [0.15, 0.2) is 36.5 Å². The Kier molecular flexibility index (Phi) is 5.76. The van der Waals surface area contributed by atoms with Crippen LogP contribution < -0.4 is 5.32 Å². The number of carbonyl (C=O) groups is 2. The molecule has 1 aliphatic heterocycles. The number of hydrogen-bond donors (Lipinski definition) is 1. The fourth-order valence-corrected chi connectivity index (χ4v) is 4.22. The molecule has 0 radical (unpaired) electrons. The molecule has 0 bridgehead atoms. The summed E-state index contributed by atoms with van der Waals surface area (Å²) in [6.07, 6.45) is 4.06. The van der Waals surface area contributed by atoms with Crippen molar-refractivity contribution in [1.82, 2.24) is 10.2 Å². The van der Waals surface area contributed by atoms with Crippen molar-refractivity contribution in [3.63, 3.8) is 0 Å². The van der Waals surface area contributed by atoms with Crippen LogP contribution in [0.4, 0.5) is 4.79 Å². The van der Waals surface area contributed by atoms with E-state index >= 15 is 0 Å². The Morgan fingerprint density at radius 3 is 2.60 bits per heavy atom. The second-order valence-electron chi connectivity index (χ2n) is 7.42. The quantitative estimate of drug-likeness (QED) is 0.721. The van der Waals surface area contributed by atoms with Crippen molar-refractivity contribution in [3.05, 3.63) is 36.5 Å². The molecule has 2 aliphatic rings. The lowest BCUT2D eigenvalue weighted by Gasteiger charge is -2.27. The molecule has 5 heteroatoms. The molecule has 0 aromatic carbocycles. The zero-order chi connectivity index (χ0) is 18.8. The first kappa shape index (κ1) is 19.3. The fourth-order valence-electron chi connectivity index (χ4n) is 4.22. The van der Waals surface area contributed by atoms with Gasteiger partial charge in [-0.25, -0.2) is 4.79 Å². The van der Waals surface area contributed by atoms with Crippen molar-refractivity contribution < 1.29 is 14.3 Å². The molecule has 1 N–H and O–H groups in total. The SMILES string of the molecule is C=C/C=C(\C(=C)C)C1C2CN(C(=O)C(CC)CNC(=O)OC)CC21C. The van der Waals surface area contributed by atoms with Gasteiger partial charge < -0.3 is 15.0 Å². The smallest absolute Gasteiger partial charge is 0.406 e. The number of alkyl carbamates (subject to hydrolysis) is 1. The fraction of sp³-hybridized carbons (Fsp3) is 0.600. The Hall–Kier alpha value is -2.04. The Morgan fingerprint density at radius 1 is 1.48 bits per heavy atom. The molecule has 4 unspecified atom stereocenters. The van der Waals surface area contributed by atoms with Crippen molar-refractivity contribution in [1.29, 1.82) is 0 Å². The minimum Gasteiger partial charge on any atom is -0.453 e. The van der Waals surface area contributed by atoms with E-state index in [-0.39, 0.29) is 17.2 Å². The summed E-state index contributed by atoms with van der Waals surface area (Å²) in [6.45, 7) is 16.0. The van der Waals surface area contributed by atoms with Gasteiger partial charge >= 0.3 is 6.09 Å². The maximum absolute atomic E-state index is 12.8. The molecule has 2 fully saturated rings. The predicted molar refractivity (Wildman–Crippen MR) is 98.9 cm³/mol. The van der Waals surface area contributed by atoms with Gasteiger partial charge in [-0.1, -0.05) is 44.7 Å². The van der Waals surface area contributed by atoms with Crippen molar-refractivity contribution in [2.45, 2.75) is 27.2 Å². The summed E-state index contributed by atoms with van der Waals surface area (Å²) < 4.78 is 4.58. The highest BCUT2D eigenvalue weighted by atomic mass is 16.5. The average molecular weight is 346 g/mol. The molecule has 4 atom stereocenters. The molecule has 1 heterocycles.